The number of hydrogen-bond donors (Lipinski definition) is 6. The molecule has 1 aliphatic heterocycles. The highest BCUT2D eigenvalue weighted by atomic mass is 79.9. The van der Waals surface area contributed by atoms with Crippen LogP contribution in [0.15, 0.2) is 117 Å². The number of carboxylic acids is 2. The number of aromatic amines is 2. The third-order valence-electron chi connectivity index (χ3n) is 8.86. The number of carboxylic acid groups (broad SMARTS) is 2. The van der Waals surface area contributed by atoms with Crippen LogP contribution >= 0.6 is 51.4 Å². The van der Waals surface area contributed by atoms with Crippen LogP contribution in [0, 0.1) is 5.41 Å². The van der Waals surface area contributed by atoms with E-state index in [2.05, 4.69) is 60.1 Å². The minimum Gasteiger partial charge on any atom is -0.481 e. The predicted octanol–water partition coefficient (Wildman–Crippen LogP) is 10.1. The van der Waals surface area contributed by atoms with Crippen molar-refractivity contribution in [2.45, 2.75) is 25.7 Å². The van der Waals surface area contributed by atoms with Gasteiger partial charge in [-0.05, 0) is 118 Å². The van der Waals surface area contributed by atoms with Crippen molar-refractivity contribution in [3.05, 3.63) is 134 Å². The number of aromatic nitrogens is 2. The quantitative estimate of drug-likeness (QED) is 0.0680. The molecule has 13 heteroatoms. The smallest absolute Gasteiger partial charge is 0.303 e. The van der Waals surface area contributed by atoms with E-state index in [4.69, 9.17) is 5.41 Å². The Hall–Kier alpha value is -5.21. The highest BCUT2D eigenvalue weighted by Gasteiger charge is 2.24. The normalized spacial score (nSPS) is 11.6. The van der Waals surface area contributed by atoms with Gasteiger partial charge in [-0.25, -0.2) is 4.40 Å². The van der Waals surface area contributed by atoms with Crippen molar-refractivity contribution in [3.8, 4) is 43.7 Å². The SMILES string of the molecule is N=c1c(Br)c2[nH]c(-c3cccs3)c(-c3cccs3)[nH]c-2c(-c2ccc(N(c3ccc(CCC(=O)O)cc3)c3ccc(CCC(=O)O)cc3)cc2)c1=NS. The summed E-state index contributed by atoms with van der Waals surface area (Å²) in [6.07, 6.45) is 0.954. The zero-order valence-electron chi connectivity index (χ0n) is 28.0. The van der Waals surface area contributed by atoms with Gasteiger partial charge in [0, 0.05) is 35.5 Å². The van der Waals surface area contributed by atoms with E-state index < -0.39 is 11.9 Å². The lowest BCUT2D eigenvalue weighted by Gasteiger charge is -2.26. The molecule has 0 atom stereocenters. The number of thiophene rings is 2. The molecule has 5 N–H and O–H groups in total. The van der Waals surface area contributed by atoms with E-state index in [0.29, 0.717) is 22.7 Å². The third kappa shape index (κ3) is 7.65. The fourth-order valence-corrected chi connectivity index (χ4v) is 8.42. The first kappa shape index (κ1) is 36.2. The van der Waals surface area contributed by atoms with Crippen molar-refractivity contribution in [1.82, 2.24) is 9.97 Å². The van der Waals surface area contributed by atoms with Crippen LogP contribution in [0.5, 0.6) is 0 Å². The van der Waals surface area contributed by atoms with E-state index in [-0.39, 0.29) is 18.2 Å². The van der Waals surface area contributed by atoms with Crippen LogP contribution in [0.25, 0.3) is 43.7 Å². The van der Waals surface area contributed by atoms with Crippen LogP contribution in [-0.2, 0) is 22.4 Å². The van der Waals surface area contributed by atoms with Crippen LogP contribution in [0.2, 0.25) is 0 Å². The van der Waals surface area contributed by atoms with Gasteiger partial charge in [-0.1, -0.05) is 48.5 Å². The molecule has 0 fully saturated rings. The molecule has 53 heavy (non-hydrogen) atoms. The molecule has 2 aromatic heterocycles. The van der Waals surface area contributed by atoms with Crippen molar-refractivity contribution >= 4 is 80.4 Å². The van der Waals surface area contributed by atoms with Gasteiger partial charge in [0.2, 0.25) is 0 Å². The molecule has 1 aliphatic carbocycles. The van der Waals surface area contributed by atoms with Crippen LogP contribution in [0.4, 0.5) is 17.1 Å². The number of halogens is 1. The van der Waals surface area contributed by atoms with Crippen molar-refractivity contribution in [2.75, 3.05) is 4.90 Å². The maximum Gasteiger partial charge on any atom is 0.303 e. The minimum atomic E-state index is -0.843. The second kappa shape index (κ2) is 15.8. The first-order valence-electron chi connectivity index (χ1n) is 16.6. The first-order chi connectivity index (χ1) is 25.7. The van der Waals surface area contributed by atoms with Gasteiger partial charge >= 0.3 is 11.9 Å². The first-order valence-corrected chi connectivity index (χ1v) is 19.5. The Bertz CT molecular complexity index is 2430. The highest BCUT2D eigenvalue weighted by Crippen LogP contribution is 2.41. The lowest BCUT2D eigenvalue weighted by Crippen LogP contribution is -2.30. The summed E-state index contributed by atoms with van der Waals surface area (Å²) in [7, 11) is 0. The molecule has 2 aliphatic rings. The van der Waals surface area contributed by atoms with E-state index in [1.54, 1.807) is 22.7 Å². The lowest BCUT2D eigenvalue weighted by molar-refractivity contribution is -0.138. The number of aryl methyl sites for hydroxylation is 2. The zero-order valence-corrected chi connectivity index (χ0v) is 32.1. The van der Waals surface area contributed by atoms with Crippen molar-refractivity contribution in [1.29, 1.82) is 5.41 Å². The number of rotatable bonds is 12. The van der Waals surface area contributed by atoms with Crippen molar-refractivity contribution < 1.29 is 19.8 Å². The number of nitrogens with zero attached hydrogens (tertiary/aromatic N) is 2. The van der Waals surface area contributed by atoms with Crippen LogP contribution < -0.4 is 15.6 Å². The Labute approximate surface area is 326 Å². The lowest BCUT2D eigenvalue weighted by atomic mass is 9.97. The van der Waals surface area contributed by atoms with Gasteiger partial charge in [0.25, 0.3) is 0 Å². The van der Waals surface area contributed by atoms with Gasteiger partial charge in [0.1, 0.15) is 5.36 Å². The molecule has 0 saturated carbocycles. The van der Waals surface area contributed by atoms with E-state index in [9.17, 15) is 19.8 Å². The molecule has 0 saturated heterocycles. The van der Waals surface area contributed by atoms with Gasteiger partial charge in [-0.15, -0.1) is 22.7 Å². The van der Waals surface area contributed by atoms with Crippen LogP contribution in [0.3, 0.4) is 0 Å². The summed E-state index contributed by atoms with van der Waals surface area (Å²) in [6.45, 7) is 0. The number of fused-ring (bicyclic) bond motifs is 1. The number of aliphatic carboxylic acids is 2. The van der Waals surface area contributed by atoms with Crippen molar-refractivity contribution in [2.24, 2.45) is 4.40 Å². The van der Waals surface area contributed by atoms with Crippen LogP contribution in [0.1, 0.15) is 24.0 Å². The fraction of sp³-hybridized carbons (Fsp3) is 0.100. The summed E-state index contributed by atoms with van der Waals surface area (Å²) in [5.74, 6) is -1.69. The Kier molecular flexibility index (Phi) is 10.8. The topological polar surface area (TPSA) is 146 Å². The number of hydrogen-bond acceptors (Lipinski definition) is 8. The summed E-state index contributed by atoms with van der Waals surface area (Å²) in [5, 5.41) is 32.1. The summed E-state index contributed by atoms with van der Waals surface area (Å²) < 4.78 is 4.87. The molecular formula is C40H32BrN5O4S3. The van der Waals surface area contributed by atoms with Gasteiger partial charge in [0.05, 0.1) is 42.4 Å². The van der Waals surface area contributed by atoms with Gasteiger partial charge in [-0.2, -0.15) is 0 Å². The van der Waals surface area contributed by atoms with Gasteiger partial charge in [0.15, 0.2) is 0 Å². The van der Waals surface area contributed by atoms with E-state index in [0.717, 1.165) is 71.8 Å². The second-order valence-electron chi connectivity index (χ2n) is 12.2. The molecule has 266 valence electrons. The molecule has 0 radical (unpaired) electrons. The zero-order chi connectivity index (χ0) is 37.1. The standard InChI is InChI=1S/C40H32BrN5O4S3/c41-34-35(42)38(45-51)33(39-40(34)44-37(30-4-2-22-53-30)36(43-39)29-3-1-21-52-29)25-11-17-28(18-12-25)46(26-13-5-23(6-14-26)9-19-31(47)48)27-15-7-24(8-16-27)10-20-32(49)50/h1-8,11-18,21-22,42-44,51H,9-10,19-20H2,(H,47,48)(H,49,50). The molecule has 0 amide bonds. The average molecular weight is 823 g/mol. The van der Waals surface area contributed by atoms with Gasteiger partial charge < -0.3 is 25.1 Å². The maximum absolute atomic E-state index is 11.2. The molecule has 7 rings (SSSR count). The summed E-state index contributed by atoms with van der Waals surface area (Å²) in [5.41, 5.74) is 9.32. The van der Waals surface area contributed by atoms with Gasteiger partial charge in [-0.3, -0.25) is 15.0 Å². The summed E-state index contributed by atoms with van der Waals surface area (Å²) in [6, 6.07) is 31.8. The van der Waals surface area contributed by atoms with E-state index in [1.807, 2.05) is 95.7 Å². The summed E-state index contributed by atoms with van der Waals surface area (Å²) >= 11 is 11.3. The molecule has 0 spiro atoms. The molecule has 0 bridgehead atoms. The minimum absolute atomic E-state index is 0.0486. The van der Waals surface area contributed by atoms with E-state index >= 15 is 0 Å². The Morgan fingerprint density at radius 2 is 1.15 bits per heavy atom. The Balaban J connectivity index is 1.35. The molecule has 3 heterocycles. The molecule has 5 aromatic rings. The number of benzene rings is 4. The monoisotopic (exact) mass is 821 g/mol. The summed E-state index contributed by atoms with van der Waals surface area (Å²) in [4.78, 5) is 33.9. The third-order valence-corrected chi connectivity index (χ3v) is 11.6. The fourth-order valence-electron chi connectivity index (χ4n) is 6.27. The maximum atomic E-state index is 11.2. The number of nitrogens with one attached hydrogen (secondary N) is 3. The van der Waals surface area contributed by atoms with Crippen molar-refractivity contribution in [3.63, 3.8) is 0 Å². The average Bonchev–Trinajstić information content (AvgIpc) is 3.92. The molecule has 9 nitrogen and oxygen atoms in total. The second-order valence-corrected chi connectivity index (χ2v) is 15.1. The van der Waals surface area contributed by atoms with E-state index in [1.165, 1.54) is 0 Å². The number of carbonyl (C=O) groups is 2. The molecular weight excluding hydrogens is 791 g/mol. The number of thiol groups is 1. The Morgan fingerprint density at radius 3 is 1.57 bits per heavy atom. The predicted molar refractivity (Wildman–Crippen MR) is 219 cm³/mol. The Morgan fingerprint density at radius 1 is 0.698 bits per heavy atom. The van der Waals surface area contributed by atoms with Crippen LogP contribution in [-0.4, -0.2) is 32.1 Å². The highest BCUT2D eigenvalue weighted by molar-refractivity contribution is 9.10. The number of H-pyrrole nitrogens is 2. The molecule has 0 unspecified atom stereocenters. The number of anilines is 3. The largest absolute Gasteiger partial charge is 0.481 e. The molecule has 3 aromatic carbocycles.